The molecule has 1 aliphatic carbocycles. The Kier molecular flexibility index (Phi) is 5.71. The fourth-order valence-corrected chi connectivity index (χ4v) is 3.73. The molecule has 0 spiro atoms. The number of nitrogens with zero attached hydrogens (tertiary/aromatic N) is 4. The zero-order chi connectivity index (χ0) is 16.9. The van der Waals surface area contributed by atoms with Crippen molar-refractivity contribution in [1.29, 1.82) is 0 Å². The summed E-state index contributed by atoms with van der Waals surface area (Å²) in [4.78, 5) is 20.9. The van der Waals surface area contributed by atoms with E-state index in [2.05, 4.69) is 20.4 Å². The highest BCUT2D eigenvalue weighted by Crippen LogP contribution is 2.24. The molecule has 0 aromatic carbocycles. The maximum atomic E-state index is 12.6. The van der Waals surface area contributed by atoms with Crippen molar-refractivity contribution in [3.8, 4) is 0 Å². The lowest BCUT2D eigenvalue weighted by molar-refractivity contribution is -0.126. The number of amides is 1. The van der Waals surface area contributed by atoms with E-state index in [1.165, 1.54) is 32.1 Å². The molecule has 1 amide bonds. The van der Waals surface area contributed by atoms with E-state index >= 15 is 0 Å². The molecule has 0 bridgehead atoms. The molecule has 1 saturated carbocycles. The third-order valence-corrected chi connectivity index (χ3v) is 5.15. The molecular weight excluding hydrogens is 306 g/mol. The molecule has 134 valence electrons. The first-order chi connectivity index (χ1) is 11.6. The molecule has 2 aliphatic rings. The summed E-state index contributed by atoms with van der Waals surface area (Å²) < 4.78 is 5.29. The number of aromatic nitrogens is 2. The standard InChI is InChI=1S/C17H29N5O2/c1-21(2)17-19-15(24-20-17)12-22-10-6-9-14(22)16(23)18-11-13-7-4-3-5-8-13/h13-14H,3-12H2,1-2H3,(H,18,23). The second-order valence-corrected chi connectivity index (χ2v) is 7.26. The molecule has 1 aliphatic heterocycles. The molecule has 7 nitrogen and oxygen atoms in total. The molecule has 0 radical (unpaired) electrons. The Morgan fingerprint density at radius 1 is 1.25 bits per heavy atom. The highest BCUT2D eigenvalue weighted by molar-refractivity contribution is 5.82. The van der Waals surface area contributed by atoms with E-state index < -0.39 is 0 Å². The van der Waals surface area contributed by atoms with E-state index in [0.29, 0.717) is 24.3 Å². The van der Waals surface area contributed by atoms with Gasteiger partial charge in [-0.1, -0.05) is 19.3 Å². The predicted octanol–water partition coefficient (Wildman–Crippen LogP) is 1.80. The SMILES string of the molecule is CN(C)c1noc(CN2CCCC2C(=O)NCC2CCCCC2)n1. The van der Waals surface area contributed by atoms with Crippen LogP contribution in [0, 0.1) is 5.92 Å². The lowest BCUT2D eigenvalue weighted by Crippen LogP contribution is -2.44. The minimum Gasteiger partial charge on any atom is -0.354 e. The summed E-state index contributed by atoms with van der Waals surface area (Å²) in [5.74, 6) is 1.97. The van der Waals surface area contributed by atoms with Crippen molar-refractivity contribution < 1.29 is 9.32 Å². The van der Waals surface area contributed by atoms with Gasteiger partial charge in [-0.2, -0.15) is 4.98 Å². The fourth-order valence-electron chi connectivity index (χ4n) is 3.73. The van der Waals surface area contributed by atoms with Crippen molar-refractivity contribution in [3.05, 3.63) is 5.89 Å². The molecule has 24 heavy (non-hydrogen) atoms. The van der Waals surface area contributed by atoms with Crippen LogP contribution in [0.5, 0.6) is 0 Å². The Morgan fingerprint density at radius 3 is 2.75 bits per heavy atom. The van der Waals surface area contributed by atoms with E-state index in [1.54, 1.807) is 0 Å². The van der Waals surface area contributed by atoms with Crippen LogP contribution in [0.4, 0.5) is 5.95 Å². The van der Waals surface area contributed by atoms with Crippen molar-refractivity contribution in [2.75, 3.05) is 32.1 Å². The maximum Gasteiger partial charge on any atom is 0.265 e. The van der Waals surface area contributed by atoms with Gasteiger partial charge in [0.1, 0.15) is 0 Å². The Morgan fingerprint density at radius 2 is 2.04 bits per heavy atom. The van der Waals surface area contributed by atoms with Gasteiger partial charge in [-0.05, 0) is 43.3 Å². The number of carbonyl (C=O) groups is 1. The average Bonchev–Trinajstić information content (AvgIpc) is 3.23. The van der Waals surface area contributed by atoms with Crippen LogP contribution in [0.1, 0.15) is 50.8 Å². The second-order valence-electron chi connectivity index (χ2n) is 7.26. The Labute approximate surface area is 143 Å². The summed E-state index contributed by atoms with van der Waals surface area (Å²) >= 11 is 0. The lowest BCUT2D eigenvalue weighted by atomic mass is 9.89. The molecular formula is C17H29N5O2. The predicted molar refractivity (Wildman–Crippen MR) is 91.6 cm³/mol. The van der Waals surface area contributed by atoms with Crippen LogP contribution in [0.3, 0.4) is 0 Å². The molecule has 2 fully saturated rings. The van der Waals surface area contributed by atoms with Crippen LogP contribution >= 0.6 is 0 Å². The van der Waals surface area contributed by atoms with E-state index in [9.17, 15) is 4.79 Å². The Bertz CT molecular complexity index is 539. The first-order valence-corrected chi connectivity index (χ1v) is 9.15. The van der Waals surface area contributed by atoms with Crippen molar-refractivity contribution >= 4 is 11.9 Å². The molecule has 2 heterocycles. The van der Waals surface area contributed by atoms with Gasteiger partial charge in [-0.25, -0.2) is 0 Å². The van der Waals surface area contributed by atoms with Crippen molar-refractivity contribution in [1.82, 2.24) is 20.4 Å². The van der Waals surface area contributed by atoms with E-state index in [-0.39, 0.29) is 11.9 Å². The number of anilines is 1. The van der Waals surface area contributed by atoms with E-state index in [4.69, 9.17) is 4.52 Å². The van der Waals surface area contributed by atoms with Gasteiger partial charge in [0.15, 0.2) is 0 Å². The van der Waals surface area contributed by atoms with Gasteiger partial charge in [0.25, 0.3) is 5.95 Å². The van der Waals surface area contributed by atoms with Gasteiger partial charge >= 0.3 is 0 Å². The van der Waals surface area contributed by atoms with Gasteiger partial charge in [-0.3, -0.25) is 9.69 Å². The molecule has 1 aromatic heterocycles. The minimum atomic E-state index is -0.0664. The molecule has 1 atom stereocenters. The number of nitrogens with one attached hydrogen (secondary N) is 1. The largest absolute Gasteiger partial charge is 0.354 e. The molecule has 1 saturated heterocycles. The van der Waals surface area contributed by atoms with Gasteiger partial charge in [0.05, 0.1) is 12.6 Å². The molecule has 7 heteroatoms. The van der Waals surface area contributed by atoms with Crippen LogP contribution in [0.2, 0.25) is 0 Å². The highest BCUT2D eigenvalue weighted by Gasteiger charge is 2.32. The maximum absolute atomic E-state index is 12.6. The van der Waals surface area contributed by atoms with Crippen LogP contribution in [0.15, 0.2) is 4.52 Å². The van der Waals surface area contributed by atoms with Crippen molar-refractivity contribution in [2.24, 2.45) is 5.92 Å². The number of carbonyl (C=O) groups excluding carboxylic acids is 1. The van der Waals surface area contributed by atoms with Crippen LogP contribution in [-0.4, -0.2) is 54.2 Å². The van der Waals surface area contributed by atoms with Crippen LogP contribution < -0.4 is 10.2 Å². The van der Waals surface area contributed by atoms with Crippen molar-refractivity contribution in [3.63, 3.8) is 0 Å². The second kappa shape index (κ2) is 7.96. The fraction of sp³-hybridized carbons (Fsp3) is 0.824. The zero-order valence-electron chi connectivity index (χ0n) is 14.8. The summed E-state index contributed by atoms with van der Waals surface area (Å²) in [5, 5.41) is 7.12. The van der Waals surface area contributed by atoms with Crippen molar-refractivity contribution in [2.45, 2.75) is 57.5 Å². The van der Waals surface area contributed by atoms with E-state index in [1.807, 2.05) is 19.0 Å². The molecule has 1 N–H and O–H groups in total. The summed E-state index contributed by atoms with van der Waals surface area (Å²) in [6.45, 7) is 2.28. The van der Waals surface area contributed by atoms with Gasteiger partial charge in [0.2, 0.25) is 11.8 Å². The number of rotatable bonds is 6. The smallest absolute Gasteiger partial charge is 0.265 e. The Balaban J connectivity index is 1.51. The minimum absolute atomic E-state index is 0.0664. The van der Waals surface area contributed by atoms with E-state index in [0.717, 1.165) is 25.9 Å². The molecule has 3 rings (SSSR count). The molecule has 1 aromatic rings. The summed E-state index contributed by atoms with van der Waals surface area (Å²) in [5.41, 5.74) is 0. The summed E-state index contributed by atoms with van der Waals surface area (Å²) in [6, 6.07) is -0.0664. The third kappa shape index (κ3) is 4.26. The van der Waals surface area contributed by atoms with Crippen LogP contribution in [0.25, 0.3) is 0 Å². The first-order valence-electron chi connectivity index (χ1n) is 9.15. The summed E-state index contributed by atoms with van der Waals surface area (Å²) in [7, 11) is 3.76. The average molecular weight is 335 g/mol. The normalized spacial score (nSPS) is 22.7. The first kappa shape index (κ1) is 17.2. The van der Waals surface area contributed by atoms with Crippen LogP contribution in [-0.2, 0) is 11.3 Å². The topological polar surface area (TPSA) is 74.5 Å². The monoisotopic (exact) mass is 335 g/mol. The number of hydrogen-bond donors (Lipinski definition) is 1. The summed E-state index contributed by atoms with van der Waals surface area (Å²) in [6.07, 6.45) is 8.41. The quantitative estimate of drug-likeness (QED) is 0.854. The van der Waals surface area contributed by atoms with Gasteiger partial charge in [-0.15, -0.1) is 0 Å². The third-order valence-electron chi connectivity index (χ3n) is 5.15. The zero-order valence-corrected chi connectivity index (χ0v) is 14.8. The Hall–Kier alpha value is -1.63. The molecule has 1 unspecified atom stereocenters. The van der Waals surface area contributed by atoms with Gasteiger partial charge in [0, 0.05) is 20.6 Å². The van der Waals surface area contributed by atoms with Gasteiger partial charge < -0.3 is 14.7 Å². The highest BCUT2D eigenvalue weighted by atomic mass is 16.5. The number of hydrogen-bond acceptors (Lipinski definition) is 6. The lowest BCUT2D eigenvalue weighted by Gasteiger charge is -2.25. The number of likely N-dealkylation sites (tertiary alicyclic amines) is 1.